The summed E-state index contributed by atoms with van der Waals surface area (Å²) in [5.41, 5.74) is 4.60. The number of benzene rings is 2. The molecule has 0 aliphatic carbocycles. The molecule has 0 bridgehead atoms. The lowest BCUT2D eigenvalue weighted by Gasteiger charge is -2.13. The Labute approximate surface area is 126 Å². The topological polar surface area (TPSA) is 17.8 Å². The van der Waals surface area contributed by atoms with Gasteiger partial charge in [-0.2, -0.15) is 5.10 Å². The molecule has 0 aliphatic heterocycles. The van der Waals surface area contributed by atoms with Gasteiger partial charge >= 0.3 is 0 Å². The highest BCUT2D eigenvalue weighted by Gasteiger charge is 2.14. The SMILES string of the molecule is CCC(C)n1nc(-c2ccccc2)cc1-c1ccccc1. The zero-order valence-electron chi connectivity index (χ0n) is 12.5. The smallest absolute Gasteiger partial charge is 0.0929 e. The lowest BCUT2D eigenvalue weighted by molar-refractivity contribution is 0.484. The van der Waals surface area contributed by atoms with E-state index in [4.69, 9.17) is 5.10 Å². The monoisotopic (exact) mass is 276 g/mol. The summed E-state index contributed by atoms with van der Waals surface area (Å²) in [6.45, 7) is 4.41. The van der Waals surface area contributed by atoms with Crippen LogP contribution in [0.2, 0.25) is 0 Å². The molecule has 1 heterocycles. The van der Waals surface area contributed by atoms with Crippen molar-refractivity contribution in [1.29, 1.82) is 0 Å². The highest BCUT2D eigenvalue weighted by Crippen LogP contribution is 2.29. The van der Waals surface area contributed by atoms with Crippen LogP contribution in [0.4, 0.5) is 0 Å². The van der Waals surface area contributed by atoms with Gasteiger partial charge in [0, 0.05) is 11.6 Å². The molecule has 106 valence electrons. The fourth-order valence-corrected chi connectivity index (χ4v) is 2.48. The number of rotatable bonds is 4. The van der Waals surface area contributed by atoms with Crippen LogP contribution in [0.1, 0.15) is 26.3 Å². The largest absolute Gasteiger partial charge is 0.262 e. The van der Waals surface area contributed by atoms with Crippen molar-refractivity contribution in [2.45, 2.75) is 26.3 Å². The van der Waals surface area contributed by atoms with E-state index < -0.39 is 0 Å². The minimum atomic E-state index is 0.387. The Kier molecular flexibility index (Phi) is 3.87. The maximum Gasteiger partial charge on any atom is 0.0929 e. The van der Waals surface area contributed by atoms with Crippen LogP contribution in [0.25, 0.3) is 22.5 Å². The Morgan fingerprint density at radius 3 is 2.05 bits per heavy atom. The Balaban J connectivity index is 2.12. The van der Waals surface area contributed by atoms with Crippen molar-refractivity contribution < 1.29 is 0 Å². The number of hydrogen-bond donors (Lipinski definition) is 0. The standard InChI is InChI=1S/C19H20N2/c1-3-15(2)21-19(17-12-8-5-9-13-17)14-18(20-21)16-10-6-4-7-11-16/h4-15H,3H2,1-2H3. The Bertz CT molecular complexity index is 699. The quantitative estimate of drug-likeness (QED) is 0.641. The number of nitrogens with zero attached hydrogens (tertiary/aromatic N) is 2. The molecule has 21 heavy (non-hydrogen) atoms. The van der Waals surface area contributed by atoms with E-state index >= 15 is 0 Å². The summed E-state index contributed by atoms with van der Waals surface area (Å²) in [5.74, 6) is 0. The molecule has 0 radical (unpaired) electrons. The van der Waals surface area contributed by atoms with Crippen molar-refractivity contribution in [3.63, 3.8) is 0 Å². The molecule has 2 aromatic carbocycles. The third kappa shape index (κ3) is 2.75. The van der Waals surface area contributed by atoms with Crippen molar-refractivity contribution in [2.24, 2.45) is 0 Å². The first-order valence-corrected chi connectivity index (χ1v) is 7.50. The van der Waals surface area contributed by atoms with E-state index in [2.05, 4.69) is 73.1 Å². The van der Waals surface area contributed by atoms with Crippen LogP contribution in [-0.4, -0.2) is 9.78 Å². The molecule has 2 heteroatoms. The Morgan fingerprint density at radius 1 is 0.905 bits per heavy atom. The maximum absolute atomic E-state index is 4.84. The molecule has 1 atom stereocenters. The maximum atomic E-state index is 4.84. The van der Waals surface area contributed by atoms with Gasteiger partial charge in [-0.1, -0.05) is 67.6 Å². The van der Waals surface area contributed by atoms with Crippen LogP contribution >= 0.6 is 0 Å². The summed E-state index contributed by atoms with van der Waals surface area (Å²) in [7, 11) is 0. The normalized spacial score (nSPS) is 12.3. The van der Waals surface area contributed by atoms with Gasteiger partial charge in [-0.15, -0.1) is 0 Å². The van der Waals surface area contributed by atoms with Gasteiger partial charge in [0.1, 0.15) is 0 Å². The summed E-state index contributed by atoms with van der Waals surface area (Å²) >= 11 is 0. The second-order valence-electron chi connectivity index (χ2n) is 5.35. The molecule has 0 saturated carbocycles. The summed E-state index contributed by atoms with van der Waals surface area (Å²) in [6.07, 6.45) is 1.07. The third-order valence-corrected chi connectivity index (χ3v) is 3.88. The zero-order valence-corrected chi connectivity index (χ0v) is 12.5. The van der Waals surface area contributed by atoms with Gasteiger partial charge in [-0.05, 0) is 25.0 Å². The second kappa shape index (κ2) is 5.96. The van der Waals surface area contributed by atoms with Crippen LogP contribution in [0.3, 0.4) is 0 Å². The van der Waals surface area contributed by atoms with Crippen LogP contribution in [0, 0.1) is 0 Å². The van der Waals surface area contributed by atoms with Gasteiger partial charge in [-0.25, -0.2) is 0 Å². The van der Waals surface area contributed by atoms with Gasteiger partial charge in [-0.3, -0.25) is 4.68 Å². The van der Waals surface area contributed by atoms with Crippen molar-refractivity contribution in [2.75, 3.05) is 0 Å². The van der Waals surface area contributed by atoms with Crippen molar-refractivity contribution >= 4 is 0 Å². The van der Waals surface area contributed by atoms with Gasteiger partial charge in [0.15, 0.2) is 0 Å². The van der Waals surface area contributed by atoms with Gasteiger partial charge < -0.3 is 0 Å². The predicted octanol–water partition coefficient (Wildman–Crippen LogP) is 5.19. The average Bonchev–Trinajstić information content (AvgIpc) is 3.01. The Morgan fingerprint density at radius 2 is 1.48 bits per heavy atom. The van der Waals surface area contributed by atoms with Crippen molar-refractivity contribution in [3.05, 3.63) is 66.7 Å². The van der Waals surface area contributed by atoms with E-state index in [1.165, 1.54) is 11.3 Å². The molecular weight excluding hydrogens is 256 g/mol. The highest BCUT2D eigenvalue weighted by molar-refractivity contribution is 5.68. The second-order valence-corrected chi connectivity index (χ2v) is 5.35. The van der Waals surface area contributed by atoms with Gasteiger partial charge in [0.25, 0.3) is 0 Å². The van der Waals surface area contributed by atoms with Crippen molar-refractivity contribution in [3.8, 4) is 22.5 Å². The van der Waals surface area contributed by atoms with Gasteiger partial charge in [0.05, 0.1) is 11.4 Å². The number of hydrogen-bond acceptors (Lipinski definition) is 1. The average molecular weight is 276 g/mol. The van der Waals surface area contributed by atoms with Crippen LogP contribution in [0.15, 0.2) is 66.7 Å². The molecule has 0 fully saturated rings. The third-order valence-electron chi connectivity index (χ3n) is 3.88. The predicted molar refractivity (Wildman–Crippen MR) is 88.1 cm³/mol. The van der Waals surface area contributed by atoms with E-state index in [-0.39, 0.29) is 0 Å². The highest BCUT2D eigenvalue weighted by atomic mass is 15.3. The zero-order chi connectivity index (χ0) is 14.7. The van der Waals surface area contributed by atoms with E-state index in [0.717, 1.165) is 17.7 Å². The number of aromatic nitrogens is 2. The van der Waals surface area contributed by atoms with E-state index in [9.17, 15) is 0 Å². The first-order valence-electron chi connectivity index (χ1n) is 7.50. The first kappa shape index (κ1) is 13.6. The fourth-order valence-electron chi connectivity index (χ4n) is 2.48. The minimum absolute atomic E-state index is 0.387. The molecule has 3 rings (SSSR count). The van der Waals surface area contributed by atoms with Crippen LogP contribution < -0.4 is 0 Å². The first-order chi connectivity index (χ1) is 10.3. The summed E-state index contributed by atoms with van der Waals surface area (Å²) in [6, 6.07) is 23.4. The van der Waals surface area contributed by atoms with Gasteiger partial charge in [0.2, 0.25) is 0 Å². The minimum Gasteiger partial charge on any atom is -0.262 e. The molecule has 1 aromatic heterocycles. The van der Waals surface area contributed by atoms with Crippen molar-refractivity contribution in [1.82, 2.24) is 9.78 Å². The molecule has 0 N–H and O–H groups in total. The summed E-state index contributed by atoms with van der Waals surface area (Å²) in [4.78, 5) is 0. The molecule has 0 aliphatic rings. The Hall–Kier alpha value is -2.35. The molecular formula is C19H20N2. The molecule has 3 aromatic rings. The van der Waals surface area contributed by atoms with E-state index in [1.54, 1.807) is 0 Å². The molecule has 2 nitrogen and oxygen atoms in total. The molecule has 1 unspecified atom stereocenters. The summed E-state index contributed by atoms with van der Waals surface area (Å²) in [5, 5.41) is 4.84. The lowest BCUT2D eigenvalue weighted by atomic mass is 10.1. The molecule has 0 spiro atoms. The van der Waals surface area contributed by atoms with Crippen LogP contribution in [-0.2, 0) is 0 Å². The van der Waals surface area contributed by atoms with E-state index in [0.29, 0.717) is 6.04 Å². The molecule has 0 saturated heterocycles. The fraction of sp³-hybridized carbons (Fsp3) is 0.211. The van der Waals surface area contributed by atoms with E-state index in [1.807, 2.05) is 12.1 Å². The molecule has 0 amide bonds. The van der Waals surface area contributed by atoms with Crippen LogP contribution in [0.5, 0.6) is 0 Å². The summed E-state index contributed by atoms with van der Waals surface area (Å²) < 4.78 is 2.15. The lowest BCUT2D eigenvalue weighted by Crippen LogP contribution is -2.07.